The minimum Gasteiger partial charge on any atom is -0.497 e. The quantitative estimate of drug-likeness (QED) is 0.478. The molecule has 6 nitrogen and oxygen atoms in total. The number of aryl methyl sites for hydroxylation is 1. The Bertz CT molecular complexity index is 1190. The summed E-state index contributed by atoms with van der Waals surface area (Å²) in [5, 5.41) is 2.93. The third kappa shape index (κ3) is 5.22. The van der Waals surface area contributed by atoms with Crippen molar-refractivity contribution in [3.05, 3.63) is 77.9 Å². The largest absolute Gasteiger partial charge is 0.497 e. The molecule has 0 aromatic heterocycles. The molecule has 3 aromatic carbocycles. The van der Waals surface area contributed by atoms with Crippen molar-refractivity contribution in [2.24, 2.45) is 5.92 Å². The van der Waals surface area contributed by atoms with E-state index in [2.05, 4.69) is 31.3 Å². The maximum atomic E-state index is 12.8. The standard InChI is InChI=1S/C28H30N2O4/c1-18(2)25-13-8-19(3)14-26(25)34-23-11-9-21(10-12-23)29-28(32)20-15-27(31)30(17-20)22-6-5-7-24(16-22)33-4/h5-14,16,18,20H,15,17H2,1-4H3,(H,29,32)/t20-/m1/s1. The monoisotopic (exact) mass is 458 g/mol. The van der Waals surface area contributed by atoms with Gasteiger partial charge in [0.1, 0.15) is 17.2 Å². The minimum atomic E-state index is -0.421. The molecule has 0 radical (unpaired) electrons. The highest BCUT2D eigenvalue weighted by atomic mass is 16.5. The van der Waals surface area contributed by atoms with Crippen molar-refractivity contribution in [3.63, 3.8) is 0 Å². The van der Waals surface area contributed by atoms with Crippen LogP contribution in [0, 0.1) is 12.8 Å². The normalized spacial score (nSPS) is 15.5. The number of hydrogen-bond donors (Lipinski definition) is 1. The topological polar surface area (TPSA) is 67.9 Å². The van der Waals surface area contributed by atoms with E-state index in [-0.39, 0.29) is 18.2 Å². The van der Waals surface area contributed by atoms with Crippen LogP contribution in [0.1, 0.15) is 37.3 Å². The van der Waals surface area contributed by atoms with Gasteiger partial charge in [-0.15, -0.1) is 0 Å². The number of carbonyl (C=O) groups is 2. The van der Waals surface area contributed by atoms with Gasteiger partial charge in [0, 0.05) is 30.4 Å². The number of carbonyl (C=O) groups excluding carboxylic acids is 2. The Morgan fingerprint density at radius 2 is 1.79 bits per heavy atom. The number of nitrogens with zero attached hydrogens (tertiary/aromatic N) is 1. The molecule has 1 aliphatic heterocycles. The predicted molar refractivity (Wildman–Crippen MR) is 134 cm³/mol. The van der Waals surface area contributed by atoms with E-state index in [4.69, 9.17) is 9.47 Å². The summed E-state index contributed by atoms with van der Waals surface area (Å²) in [7, 11) is 1.58. The van der Waals surface area contributed by atoms with E-state index in [1.807, 2.05) is 55.5 Å². The Hall–Kier alpha value is -3.80. The third-order valence-corrected chi connectivity index (χ3v) is 6.00. The summed E-state index contributed by atoms with van der Waals surface area (Å²) in [5.74, 6) is 1.89. The van der Waals surface area contributed by atoms with Gasteiger partial charge in [-0.3, -0.25) is 9.59 Å². The van der Waals surface area contributed by atoms with E-state index in [1.54, 1.807) is 18.1 Å². The van der Waals surface area contributed by atoms with Crippen LogP contribution in [0.2, 0.25) is 0 Å². The highest BCUT2D eigenvalue weighted by Gasteiger charge is 2.35. The first-order valence-corrected chi connectivity index (χ1v) is 11.5. The fourth-order valence-corrected chi connectivity index (χ4v) is 4.10. The molecule has 1 atom stereocenters. The lowest BCUT2D eigenvalue weighted by Crippen LogP contribution is -2.28. The van der Waals surface area contributed by atoms with E-state index in [1.165, 1.54) is 0 Å². The molecule has 1 N–H and O–H groups in total. The second-order valence-electron chi connectivity index (χ2n) is 8.92. The first-order valence-electron chi connectivity index (χ1n) is 11.5. The van der Waals surface area contributed by atoms with Crippen LogP contribution in [0.15, 0.2) is 66.7 Å². The number of nitrogens with one attached hydrogen (secondary N) is 1. The summed E-state index contributed by atoms with van der Waals surface area (Å²) in [5.41, 5.74) is 3.68. The smallest absolute Gasteiger partial charge is 0.229 e. The van der Waals surface area contributed by atoms with Crippen LogP contribution >= 0.6 is 0 Å². The molecule has 0 unspecified atom stereocenters. The number of methoxy groups -OCH3 is 1. The van der Waals surface area contributed by atoms with Crippen molar-refractivity contribution < 1.29 is 19.1 Å². The number of anilines is 2. The van der Waals surface area contributed by atoms with Crippen LogP contribution < -0.4 is 19.7 Å². The molecule has 1 fully saturated rings. The van der Waals surface area contributed by atoms with Gasteiger partial charge in [-0.2, -0.15) is 0 Å². The van der Waals surface area contributed by atoms with E-state index in [9.17, 15) is 9.59 Å². The Balaban J connectivity index is 1.40. The summed E-state index contributed by atoms with van der Waals surface area (Å²) in [4.78, 5) is 27.0. The van der Waals surface area contributed by atoms with Gasteiger partial charge in [0.05, 0.1) is 13.0 Å². The first kappa shape index (κ1) is 23.4. The SMILES string of the molecule is COc1cccc(N2C[C@H](C(=O)Nc3ccc(Oc4cc(C)ccc4C(C)C)cc3)CC2=O)c1. The molecule has 1 aliphatic rings. The maximum Gasteiger partial charge on any atom is 0.229 e. The molecular formula is C28H30N2O4. The van der Waals surface area contributed by atoms with Crippen LogP contribution in [0.25, 0.3) is 0 Å². The zero-order chi connectivity index (χ0) is 24.2. The second kappa shape index (κ2) is 10.00. The summed E-state index contributed by atoms with van der Waals surface area (Å²) in [6.07, 6.45) is 0.176. The van der Waals surface area contributed by atoms with Gasteiger partial charge in [-0.05, 0) is 66.4 Å². The number of hydrogen-bond acceptors (Lipinski definition) is 4. The lowest BCUT2D eigenvalue weighted by atomic mass is 10.0. The second-order valence-corrected chi connectivity index (χ2v) is 8.92. The average molecular weight is 459 g/mol. The maximum absolute atomic E-state index is 12.8. The lowest BCUT2D eigenvalue weighted by molar-refractivity contribution is -0.122. The van der Waals surface area contributed by atoms with Crippen LogP contribution in [-0.4, -0.2) is 25.5 Å². The molecule has 0 saturated carbocycles. The van der Waals surface area contributed by atoms with Gasteiger partial charge in [0.25, 0.3) is 0 Å². The van der Waals surface area contributed by atoms with Crippen molar-refractivity contribution >= 4 is 23.2 Å². The van der Waals surface area contributed by atoms with Gasteiger partial charge in [0.2, 0.25) is 11.8 Å². The average Bonchev–Trinajstić information content (AvgIpc) is 3.22. The first-order chi connectivity index (χ1) is 16.3. The Morgan fingerprint density at radius 3 is 2.50 bits per heavy atom. The molecule has 176 valence electrons. The molecule has 1 heterocycles. The van der Waals surface area contributed by atoms with Gasteiger partial charge >= 0.3 is 0 Å². The van der Waals surface area contributed by atoms with Crippen LogP contribution in [0.5, 0.6) is 17.2 Å². The fraction of sp³-hybridized carbons (Fsp3) is 0.286. The zero-order valence-electron chi connectivity index (χ0n) is 20.0. The molecule has 4 rings (SSSR count). The van der Waals surface area contributed by atoms with Crippen LogP contribution in [0.4, 0.5) is 11.4 Å². The van der Waals surface area contributed by atoms with E-state index in [0.717, 1.165) is 22.6 Å². The third-order valence-electron chi connectivity index (χ3n) is 6.00. The van der Waals surface area contributed by atoms with Crippen molar-refractivity contribution in [2.75, 3.05) is 23.9 Å². The van der Waals surface area contributed by atoms with Crippen molar-refractivity contribution in [3.8, 4) is 17.2 Å². The Morgan fingerprint density at radius 1 is 1.03 bits per heavy atom. The molecule has 0 aliphatic carbocycles. The molecule has 0 bridgehead atoms. The van der Waals surface area contributed by atoms with Gasteiger partial charge in [0.15, 0.2) is 0 Å². The summed E-state index contributed by atoms with van der Waals surface area (Å²) in [6, 6.07) is 20.8. The Labute approximate surface area is 200 Å². The number of benzene rings is 3. The van der Waals surface area contributed by atoms with Crippen molar-refractivity contribution in [2.45, 2.75) is 33.1 Å². The van der Waals surface area contributed by atoms with Gasteiger partial charge < -0.3 is 19.7 Å². The van der Waals surface area contributed by atoms with E-state index < -0.39 is 5.92 Å². The van der Waals surface area contributed by atoms with E-state index >= 15 is 0 Å². The molecule has 34 heavy (non-hydrogen) atoms. The molecule has 2 amide bonds. The van der Waals surface area contributed by atoms with Gasteiger partial charge in [-0.1, -0.05) is 32.0 Å². The predicted octanol–water partition coefficient (Wildman–Crippen LogP) is 5.91. The van der Waals surface area contributed by atoms with E-state index in [0.29, 0.717) is 29.6 Å². The molecular weight excluding hydrogens is 428 g/mol. The summed E-state index contributed by atoms with van der Waals surface area (Å²) in [6.45, 7) is 6.65. The highest BCUT2D eigenvalue weighted by molar-refractivity contribution is 6.03. The summed E-state index contributed by atoms with van der Waals surface area (Å²) < 4.78 is 11.4. The van der Waals surface area contributed by atoms with Crippen molar-refractivity contribution in [1.82, 2.24) is 0 Å². The van der Waals surface area contributed by atoms with Gasteiger partial charge in [-0.25, -0.2) is 0 Å². The lowest BCUT2D eigenvalue weighted by Gasteiger charge is -2.17. The number of rotatable bonds is 7. The van der Waals surface area contributed by atoms with Crippen molar-refractivity contribution in [1.29, 1.82) is 0 Å². The number of amides is 2. The summed E-state index contributed by atoms with van der Waals surface area (Å²) >= 11 is 0. The molecule has 0 spiro atoms. The fourth-order valence-electron chi connectivity index (χ4n) is 4.10. The molecule has 6 heteroatoms. The Kier molecular flexibility index (Phi) is 6.87. The minimum absolute atomic E-state index is 0.0729. The van der Waals surface area contributed by atoms with Crippen LogP contribution in [0.3, 0.4) is 0 Å². The molecule has 1 saturated heterocycles. The van der Waals surface area contributed by atoms with Crippen LogP contribution in [-0.2, 0) is 9.59 Å². The highest BCUT2D eigenvalue weighted by Crippen LogP contribution is 2.32. The zero-order valence-corrected chi connectivity index (χ0v) is 20.0. The molecule has 3 aromatic rings. The number of ether oxygens (including phenoxy) is 2.